The second-order valence-corrected chi connectivity index (χ2v) is 5.91. The van der Waals surface area contributed by atoms with Crippen LogP contribution < -0.4 is 0 Å². The number of ketones is 1. The molecular weight excluding hydrogens is 244 g/mol. The first-order chi connectivity index (χ1) is 9.74. The van der Waals surface area contributed by atoms with Gasteiger partial charge in [0.1, 0.15) is 0 Å². The number of carbonyl (C=O) groups is 1. The molecule has 0 aliphatic heterocycles. The van der Waals surface area contributed by atoms with Crippen LogP contribution >= 0.6 is 0 Å². The molecule has 0 aromatic heterocycles. The van der Waals surface area contributed by atoms with Crippen molar-refractivity contribution < 1.29 is 4.79 Å². The van der Waals surface area contributed by atoms with Crippen molar-refractivity contribution in [3.8, 4) is 0 Å². The molecule has 3 rings (SSSR count). The summed E-state index contributed by atoms with van der Waals surface area (Å²) in [7, 11) is 0. The van der Waals surface area contributed by atoms with Crippen LogP contribution in [0.4, 0.5) is 0 Å². The zero-order valence-corrected chi connectivity index (χ0v) is 11.9. The van der Waals surface area contributed by atoms with Crippen LogP contribution in [0.15, 0.2) is 54.6 Å². The molecule has 0 radical (unpaired) electrons. The summed E-state index contributed by atoms with van der Waals surface area (Å²) in [6.45, 7) is 2.07. The summed E-state index contributed by atoms with van der Waals surface area (Å²) in [5.41, 5.74) is 3.78. The van der Waals surface area contributed by atoms with Crippen LogP contribution in [0.3, 0.4) is 0 Å². The third-order valence-electron chi connectivity index (χ3n) is 4.33. The first-order valence-electron chi connectivity index (χ1n) is 7.40. The fourth-order valence-corrected chi connectivity index (χ4v) is 3.31. The molecule has 0 fully saturated rings. The van der Waals surface area contributed by atoms with E-state index in [9.17, 15) is 4.79 Å². The monoisotopic (exact) mass is 264 g/mol. The smallest absolute Gasteiger partial charge is 0.165 e. The van der Waals surface area contributed by atoms with Gasteiger partial charge in [-0.2, -0.15) is 0 Å². The second-order valence-electron chi connectivity index (χ2n) is 5.91. The summed E-state index contributed by atoms with van der Waals surface area (Å²) in [4.78, 5) is 12.4. The minimum atomic E-state index is 0.108. The maximum atomic E-state index is 12.4. The van der Waals surface area contributed by atoms with Crippen LogP contribution in [0, 0.1) is 11.8 Å². The van der Waals surface area contributed by atoms with Gasteiger partial charge >= 0.3 is 0 Å². The predicted molar refractivity (Wildman–Crippen MR) is 81.9 cm³/mol. The van der Waals surface area contributed by atoms with Crippen molar-refractivity contribution in [3.63, 3.8) is 0 Å². The van der Waals surface area contributed by atoms with E-state index >= 15 is 0 Å². The van der Waals surface area contributed by atoms with Crippen molar-refractivity contribution in [1.82, 2.24) is 0 Å². The van der Waals surface area contributed by atoms with E-state index in [0.717, 1.165) is 24.8 Å². The van der Waals surface area contributed by atoms with E-state index in [1.54, 1.807) is 0 Å². The van der Waals surface area contributed by atoms with Crippen LogP contribution in [-0.2, 0) is 12.8 Å². The Balaban J connectivity index is 1.64. The lowest BCUT2D eigenvalue weighted by atomic mass is 9.88. The van der Waals surface area contributed by atoms with Gasteiger partial charge in [0.05, 0.1) is 0 Å². The molecule has 20 heavy (non-hydrogen) atoms. The minimum absolute atomic E-state index is 0.108. The molecule has 1 unspecified atom stereocenters. The molecular formula is C19H20O. The lowest BCUT2D eigenvalue weighted by Crippen LogP contribution is -2.16. The van der Waals surface area contributed by atoms with Crippen LogP contribution in [0.5, 0.6) is 0 Å². The molecule has 0 bridgehead atoms. The van der Waals surface area contributed by atoms with E-state index in [1.165, 1.54) is 11.1 Å². The van der Waals surface area contributed by atoms with E-state index in [4.69, 9.17) is 0 Å². The van der Waals surface area contributed by atoms with Crippen LogP contribution in [-0.4, -0.2) is 5.78 Å². The molecule has 2 aromatic carbocycles. The third-order valence-corrected chi connectivity index (χ3v) is 4.33. The van der Waals surface area contributed by atoms with E-state index < -0.39 is 0 Å². The Bertz CT molecular complexity index is 575. The zero-order valence-electron chi connectivity index (χ0n) is 11.9. The number of carbonyl (C=O) groups excluding carboxylic acids is 1. The summed E-state index contributed by atoms with van der Waals surface area (Å²) in [6, 6.07) is 18.3. The normalized spacial score (nSPS) is 15.8. The molecule has 0 amide bonds. The van der Waals surface area contributed by atoms with Crippen LogP contribution in [0.25, 0.3) is 0 Å². The summed E-state index contributed by atoms with van der Waals surface area (Å²) in [5.74, 6) is 1.01. The van der Waals surface area contributed by atoms with Gasteiger partial charge in [-0.25, -0.2) is 0 Å². The molecule has 0 saturated carbocycles. The van der Waals surface area contributed by atoms with Crippen molar-refractivity contribution in [3.05, 3.63) is 71.3 Å². The van der Waals surface area contributed by atoms with Gasteiger partial charge in [0.15, 0.2) is 5.78 Å². The molecule has 1 aliphatic carbocycles. The Morgan fingerprint density at radius 2 is 1.55 bits per heavy atom. The van der Waals surface area contributed by atoms with Crippen LogP contribution in [0.1, 0.15) is 34.8 Å². The summed E-state index contributed by atoms with van der Waals surface area (Å²) < 4.78 is 0. The molecule has 2 aromatic rings. The topological polar surface area (TPSA) is 17.1 Å². The number of Topliss-reactive ketones (excluding diaryl/α,β-unsaturated/α-hetero) is 1. The first kappa shape index (κ1) is 13.1. The van der Waals surface area contributed by atoms with E-state index in [2.05, 4.69) is 31.2 Å². The number of hydrogen-bond acceptors (Lipinski definition) is 1. The SMILES string of the molecule is CC(CC1Cc2ccccc2C1)C(=O)c1ccccc1. The van der Waals surface area contributed by atoms with E-state index in [1.807, 2.05) is 30.3 Å². The highest BCUT2D eigenvalue weighted by Crippen LogP contribution is 2.31. The molecule has 1 heteroatoms. The largest absolute Gasteiger partial charge is 0.294 e. The fraction of sp³-hybridized carbons (Fsp3) is 0.316. The summed E-state index contributed by atoms with van der Waals surface area (Å²) >= 11 is 0. The predicted octanol–water partition coefficient (Wildman–Crippen LogP) is 4.31. The molecule has 0 saturated heterocycles. The average molecular weight is 264 g/mol. The fourth-order valence-electron chi connectivity index (χ4n) is 3.31. The van der Waals surface area contributed by atoms with Gasteiger partial charge in [-0.15, -0.1) is 0 Å². The van der Waals surface area contributed by atoms with Gasteiger partial charge < -0.3 is 0 Å². The minimum Gasteiger partial charge on any atom is -0.294 e. The van der Waals surface area contributed by atoms with Crippen molar-refractivity contribution in [2.75, 3.05) is 0 Å². The van der Waals surface area contributed by atoms with E-state index in [0.29, 0.717) is 5.92 Å². The van der Waals surface area contributed by atoms with Gasteiger partial charge in [0.2, 0.25) is 0 Å². The molecule has 0 heterocycles. The molecule has 0 spiro atoms. The first-order valence-corrected chi connectivity index (χ1v) is 7.40. The molecule has 1 aliphatic rings. The quantitative estimate of drug-likeness (QED) is 0.752. The van der Waals surface area contributed by atoms with Gasteiger partial charge in [-0.3, -0.25) is 4.79 Å². The number of fused-ring (bicyclic) bond motifs is 1. The highest BCUT2D eigenvalue weighted by molar-refractivity contribution is 5.97. The molecule has 102 valence electrons. The highest BCUT2D eigenvalue weighted by Gasteiger charge is 2.25. The Morgan fingerprint density at radius 1 is 1.00 bits per heavy atom. The Morgan fingerprint density at radius 3 is 2.15 bits per heavy atom. The van der Waals surface area contributed by atoms with Gasteiger partial charge in [-0.05, 0) is 36.3 Å². The standard InChI is InChI=1S/C19H20O/c1-14(19(20)16-7-3-2-4-8-16)11-15-12-17-9-5-6-10-18(17)13-15/h2-10,14-15H,11-13H2,1H3. The Hall–Kier alpha value is -1.89. The van der Waals surface area contributed by atoms with Gasteiger partial charge in [-0.1, -0.05) is 61.5 Å². The van der Waals surface area contributed by atoms with Crippen LogP contribution in [0.2, 0.25) is 0 Å². The molecule has 0 N–H and O–H groups in total. The number of rotatable bonds is 4. The number of hydrogen-bond donors (Lipinski definition) is 0. The summed E-state index contributed by atoms with van der Waals surface area (Å²) in [6.07, 6.45) is 3.24. The Kier molecular flexibility index (Phi) is 3.68. The Labute approximate surface area is 120 Å². The molecule has 1 atom stereocenters. The maximum absolute atomic E-state index is 12.4. The maximum Gasteiger partial charge on any atom is 0.165 e. The number of benzene rings is 2. The lowest BCUT2D eigenvalue weighted by Gasteiger charge is -2.15. The zero-order chi connectivity index (χ0) is 13.9. The van der Waals surface area contributed by atoms with Crippen molar-refractivity contribution in [1.29, 1.82) is 0 Å². The van der Waals surface area contributed by atoms with Crippen molar-refractivity contribution >= 4 is 5.78 Å². The average Bonchev–Trinajstić information content (AvgIpc) is 2.89. The van der Waals surface area contributed by atoms with Crippen molar-refractivity contribution in [2.24, 2.45) is 11.8 Å². The molecule has 1 nitrogen and oxygen atoms in total. The van der Waals surface area contributed by atoms with Gasteiger partial charge in [0.25, 0.3) is 0 Å². The summed E-state index contributed by atoms with van der Waals surface area (Å²) in [5, 5.41) is 0. The van der Waals surface area contributed by atoms with E-state index in [-0.39, 0.29) is 11.7 Å². The highest BCUT2D eigenvalue weighted by atomic mass is 16.1. The second kappa shape index (κ2) is 5.62. The van der Waals surface area contributed by atoms with Crippen molar-refractivity contribution in [2.45, 2.75) is 26.2 Å². The van der Waals surface area contributed by atoms with Gasteiger partial charge in [0, 0.05) is 11.5 Å². The lowest BCUT2D eigenvalue weighted by molar-refractivity contribution is 0.0912. The third kappa shape index (κ3) is 2.67.